The fourth-order valence-corrected chi connectivity index (χ4v) is 0.940. The average Bonchev–Trinajstić information content (AvgIpc) is 1.88. The molecular weight excluding hydrogens is 132 g/mol. The van der Waals surface area contributed by atoms with E-state index in [9.17, 15) is 4.46 Å². The quantitative estimate of drug-likeness (QED) is 0.556. The van der Waals surface area contributed by atoms with Gasteiger partial charge in [-0.3, -0.25) is 0 Å². The number of phenolic OH excluding ortho intramolecular Hbond substituents is 1. The van der Waals surface area contributed by atoms with E-state index in [0.717, 1.165) is 0 Å². The second kappa shape index (κ2) is 2.55. The fraction of sp³-hybridized carbons (Fsp3) is 0. The van der Waals surface area contributed by atoms with Crippen molar-refractivity contribution in [1.29, 1.82) is 0 Å². The summed E-state index contributed by atoms with van der Waals surface area (Å²) in [6.45, 7) is 0. The minimum absolute atomic E-state index is 0.163. The molecule has 0 saturated heterocycles. The van der Waals surface area contributed by atoms with Gasteiger partial charge in [-0.25, -0.2) is 0 Å². The molecule has 9 heavy (non-hydrogen) atoms. The molecule has 0 atom stereocenters. The average molecular weight is 137 g/mol. The Morgan fingerprint density at radius 2 is 2.22 bits per heavy atom. The molecule has 1 radical (unpaired) electrons. The van der Waals surface area contributed by atoms with Crippen molar-refractivity contribution in [2.75, 3.05) is 0 Å². The topological polar surface area (TPSA) is 37.3 Å². The zero-order chi connectivity index (χ0) is 6.69. The molecule has 0 spiro atoms. The Balaban J connectivity index is 3.07. The van der Waals surface area contributed by atoms with Crippen LogP contribution in [0.3, 0.4) is 0 Å². The highest BCUT2D eigenvalue weighted by atomic mass is 28.2. The first-order valence-electron chi connectivity index (χ1n) is 2.50. The number of aromatic hydroxyl groups is 1. The van der Waals surface area contributed by atoms with Crippen LogP contribution in [0.25, 0.3) is 0 Å². The third-order valence-electron chi connectivity index (χ3n) is 0.964. The van der Waals surface area contributed by atoms with Crippen LogP contribution in [0, 0.1) is 0 Å². The van der Waals surface area contributed by atoms with Gasteiger partial charge in [0.2, 0.25) is 0 Å². The largest absolute Gasteiger partial charge is 0.508 e. The van der Waals surface area contributed by atoms with Crippen molar-refractivity contribution in [2.24, 2.45) is 0 Å². The summed E-state index contributed by atoms with van der Waals surface area (Å²) in [4.78, 5) is 0. The first-order chi connectivity index (χ1) is 4.33. The number of benzene rings is 1. The van der Waals surface area contributed by atoms with Crippen LogP contribution in [-0.2, 0) is 4.46 Å². The maximum atomic E-state index is 10.2. The molecule has 0 unspecified atom stereocenters. The third-order valence-corrected chi connectivity index (χ3v) is 1.51. The van der Waals surface area contributed by atoms with Crippen LogP contribution in [-0.4, -0.2) is 14.5 Å². The highest BCUT2D eigenvalue weighted by Gasteiger charge is 1.90. The van der Waals surface area contributed by atoms with Crippen molar-refractivity contribution in [3.8, 4) is 5.75 Å². The van der Waals surface area contributed by atoms with Crippen molar-refractivity contribution in [3.63, 3.8) is 0 Å². The minimum Gasteiger partial charge on any atom is -0.508 e. The first-order valence-corrected chi connectivity index (χ1v) is 3.41. The second-order valence-electron chi connectivity index (χ2n) is 1.65. The summed E-state index contributed by atoms with van der Waals surface area (Å²) in [5, 5.41) is 9.46. The predicted octanol–water partition coefficient (Wildman–Crippen LogP) is 0.0672. The summed E-state index contributed by atoms with van der Waals surface area (Å²) in [5.74, 6) is 0.163. The molecule has 1 aromatic rings. The molecule has 0 amide bonds. The van der Waals surface area contributed by atoms with Crippen LogP contribution >= 0.6 is 0 Å². The van der Waals surface area contributed by atoms with E-state index in [0.29, 0.717) is 5.19 Å². The van der Waals surface area contributed by atoms with E-state index in [1.54, 1.807) is 18.2 Å². The van der Waals surface area contributed by atoms with Gasteiger partial charge in [0, 0.05) is 5.19 Å². The molecule has 0 aliphatic carbocycles. The number of hydrogen-bond donors (Lipinski definition) is 1. The van der Waals surface area contributed by atoms with Crippen LogP contribution < -0.4 is 5.19 Å². The molecular formula is C6H5O2Si. The van der Waals surface area contributed by atoms with Crippen molar-refractivity contribution >= 4 is 14.6 Å². The van der Waals surface area contributed by atoms with Gasteiger partial charge in [0.15, 0.2) is 0 Å². The Labute approximate surface area is 55.0 Å². The van der Waals surface area contributed by atoms with Crippen LogP contribution in [0.4, 0.5) is 0 Å². The van der Waals surface area contributed by atoms with E-state index in [1.165, 1.54) is 6.07 Å². The van der Waals surface area contributed by atoms with Gasteiger partial charge in [-0.05, 0) is 12.1 Å². The molecule has 2 nitrogen and oxygen atoms in total. The molecule has 45 valence electrons. The van der Waals surface area contributed by atoms with E-state index < -0.39 is 9.41 Å². The van der Waals surface area contributed by atoms with E-state index >= 15 is 0 Å². The molecule has 0 bridgehead atoms. The Morgan fingerprint density at radius 1 is 1.44 bits per heavy atom. The van der Waals surface area contributed by atoms with Crippen molar-refractivity contribution in [2.45, 2.75) is 0 Å². The molecule has 0 aliphatic rings. The van der Waals surface area contributed by atoms with Gasteiger partial charge in [0.1, 0.15) is 5.75 Å². The van der Waals surface area contributed by atoms with E-state index in [4.69, 9.17) is 5.11 Å². The Morgan fingerprint density at radius 3 is 2.67 bits per heavy atom. The zero-order valence-electron chi connectivity index (χ0n) is 4.66. The van der Waals surface area contributed by atoms with E-state index in [-0.39, 0.29) is 5.75 Å². The molecule has 3 heteroatoms. The van der Waals surface area contributed by atoms with Gasteiger partial charge in [0.25, 0.3) is 0 Å². The van der Waals surface area contributed by atoms with E-state index in [1.807, 2.05) is 0 Å². The zero-order valence-corrected chi connectivity index (χ0v) is 5.66. The molecule has 0 saturated carbocycles. The minimum atomic E-state index is -0.484. The van der Waals surface area contributed by atoms with Gasteiger partial charge in [-0.2, -0.15) is 0 Å². The Bertz CT molecular complexity index is 222. The molecule has 0 heterocycles. The molecule has 1 N–H and O–H groups in total. The lowest BCUT2D eigenvalue weighted by Gasteiger charge is -1.88. The molecule has 0 aromatic heterocycles. The maximum Gasteiger partial charge on any atom is 0.365 e. The van der Waals surface area contributed by atoms with Gasteiger partial charge in [0.05, 0.1) is 0 Å². The molecule has 1 rings (SSSR count). The SMILES string of the molecule is O=[Si]c1cccc(O)c1. The Hall–Kier alpha value is -0.963. The highest BCUT2D eigenvalue weighted by molar-refractivity contribution is 6.38. The molecule has 0 fully saturated rings. The predicted molar refractivity (Wildman–Crippen MR) is 34.2 cm³/mol. The number of phenols is 1. The number of hydrogen-bond acceptors (Lipinski definition) is 2. The van der Waals surface area contributed by atoms with Crippen LogP contribution in [0.2, 0.25) is 0 Å². The van der Waals surface area contributed by atoms with Gasteiger partial charge in [-0.15, -0.1) is 0 Å². The normalized spacial score (nSPS) is 8.89. The number of rotatable bonds is 1. The summed E-state index contributed by atoms with van der Waals surface area (Å²) in [6.07, 6.45) is 0. The van der Waals surface area contributed by atoms with Gasteiger partial charge in [-0.1, -0.05) is 12.1 Å². The standard InChI is InChI=1S/C6H5O2Si/c7-5-2-1-3-6(4-5)9-8/h1-4,7H. The third kappa shape index (κ3) is 1.47. The summed E-state index contributed by atoms with van der Waals surface area (Å²) >= 11 is 0. The lowest BCUT2D eigenvalue weighted by atomic mass is 10.3. The lowest BCUT2D eigenvalue weighted by molar-refractivity contribution is 0.475. The van der Waals surface area contributed by atoms with Crippen molar-refractivity contribution in [3.05, 3.63) is 24.3 Å². The molecule has 1 aromatic carbocycles. The smallest absolute Gasteiger partial charge is 0.365 e. The first kappa shape index (κ1) is 6.16. The van der Waals surface area contributed by atoms with Gasteiger partial charge < -0.3 is 9.57 Å². The van der Waals surface area contributed by atoms with Crippen LogP contribution in [0.15, 0.2) is 24.3 Å². The van der Waals surface area contributed by atoms with Crippen molar-refractivity contribution in [1.82, 2.24) is 0 Å². The van der Waals surface area contributed by atoms with E-state index in [2.05, 4.69) is 0 Å². The summed E-state index contributed by atoms with van der Waals surface area (Å²) < 4.78 is 10.2. The monoisotopic (exact) mass is 137 g/mol. The van der Waals surface area contributed by atoms with Crippen LogP contribution in [0.5, 0.6) is 5.75 Å². The van der Waals surface area contributed by atoms with Crippen LogP contribution in [0.1, 0.15) is 0 Å². The highest BCUT2D eigenvalue weighted by Crippen LogP contribution is 2.01. The Kier molecular flexibility index (Phi) is 1.74. The lowest BCUT2D eigenvalue weighted by Crippen LogP contribution is -2.03. The summed E-state index contributed by atoms with van der Waals surface area (Å²) in [6, 6.07) is 6.38. The summed E-state index contributed by atoms with van der Waals surface area (Å²) in [5.41, 5.74) is 0. The maximum absolute atomic E-state index is 10.2. The van der Waals surface area contributed by atoms with Gasteiger partial charge >= 0.3 is 9.41 Å². The molecule has 0 aliphatic heterocycles. The second-order valence-corrected chi connectivity index (χ2v) is 2.43. The summed E-state index contributed by atoms with van der Waals surface area (Å²) in [7, 11) is -0.484. The van der Waals surface area contributed by atoms with Crippen molar-refractivity contribution < 1.29 is 9.57 Å². The fourth-order valence-electron chi connectivity index (χ4n) is 0.569.